The van der Waals surface area contributed by atoms with E-state index in [0.717, 1.165) is 18.1 Å². The largest absolute Gasteiger partial charge is 0.341 e. The monoisotopic (exact) mass is 255 g/mol. The fraction of sp³-hybridized carbons (Fsp3) is 0.438. The number of aromatic nitrogens is 2. The van der Waals surface area contributed by atoms with Crippen molar-refractivity contribution in [1.29, 1.82) is 0 Å². The molecule has 0 amide bonds. The van der Waals surface area contributed by atoms with Gasteiger partial charge in [0.2, 0.25) is 0 Å². The SMILES string of the molecule is Cc1ccc(-c2cnc(C3CCCCCN3)[nH]2)cc1. The lowest BCUT2D eigenvalue weighted by atomic mass is 10.1. The molecule has 0 radical (unpaired) electrons. The average Bonchev–Trinajstić information content (AvgIpc) is 2.76. The van der Waals surface area contributed by atoms with Gasteiger partial charge in [0.25, 0.3) is 0 Å². The number of nitrogens with one attached hydrogen (secondary N) is 2. The van der Waals surface area contributed by atoms with Gasteiger partial charge in [0.1, 0.15) is 5.82 Å². The number of hydrogen-bond donors (Lipinski definition) is 2. The van der Waals surface area contributed by atoms with E-state index in [4.69, 9.17) is 0 Å². The van der Waals surface area contributed by atoms with E-state index in [9.17, 15) is 0 Å². The molecule has 3 nitrogen and oxygen atoms in total. The van der Waals surface area contributed by atoms with Gasteiger partial charge in [0, 0.05) is 0 Å². The topological polar surface area (TPSA) is 40.7 Å². The van der Waals surface area contributed by atoms with Gasteiger partial charge in [0.15, 0.2) is 0 Å². The van der Waals surface area contributed by atoms with Crippen molar-refractivity contribution in [2.75, 3.05) is 6.54 Å². The lowest BCUT2D eigenvalue weighted by Gasteiger charge is -2.12. The first-order valence-electron chi connectivity index (χ1n) is 7.18. The van der Waals surface area contributed by atoms with Crippen LogP contribution in [0.2, 0.25) is 0 Å². The molecule has 1 unspecified atom stereocenters. The highest BCUT2D eigenvalue weighted by Crippen LogP contribution is 2.23. The molecule has 0 spiro atoms. The van der Waals surface area contributed by atoms with E-state index in [-0.39, 0.29) is 0 Å². The second-order valence-electron chi connectivity index (χ2n) is 5.40. The molecule has 1 aliphatic rings. The molecule has 19 heavy (non-hydrogen) atoms. The summed E-state index contributed by atoms with van der Waals surface area (Å²) in [5, 5.41) is 3.58. The number of benzene rings is 1. The summed E-state index contributed by atoms with van der Waals surface area (Å²) in [6.45, 7) is 3.21. The Morgan fingerprint density at radius 3 is 2.79 bits per heavy atom. The van der Waals surface area contributed by atoms with Crippen LogP contribution in [0.25, 0.3) is 11.3 Å². The normalized spacial score (nSPS) is 20.2. The molecule has 1 aliphatic heterocycles. The first kappa shape index (κ1) is 12.4. The minimum Gasteiger partial charge on any atom is -0.341 e. The number of hydrogen-bond acceptors (Lipinski definition) is 2. The lowest BCUT2D eigenvalue weighted by Crippen LogP contribution is -2.21. The first-order valence-corrected chi connectivity index (χ1v) is 7.18. The second kappa shape index (κ2) is 5.57. The van der Waals surface area contributed by atoms with E-state index < -0.39 is 0 Å². The molecule has 0 aliphatic carbocycles. The molecular weight excluding hydrogens is 234 g/mol. The summed E-state index contributed by atoms with van der Waals surface area (Å²) in [4.78, 5) is 8.04. The standard InChI is InChI=1S/C16H21N3/c1-12-6-8-13(9-7-12)15-11-18-16(19-15)14-5-3-2-4-10-17-14/h6-9,11,14,17H,2-5,10H2,1H3,(H,18,19). The molecule has 1 aromatic carbocycles. The third-order valence-electron chi connectivity index (χ3n) is 3.85. The van der Waals surface area contributed by atoms with E-state index in [0.29, 0.717) is 6.04 Å². The number of rotatable bonds is 2. The van der Waals surface area contributed by atoms with Crippen molar-refractivity contribution >= 4 is 0 Å². The molecule has 2 aromatic rings. The maximum absolute atomic E-state index is 4.56. The third-order valence-corrected chi connectivity index (χ3v) is 3.85. The van der Waals surface area contributed by atoms with Gasteiger partial charge in [-0.05, 0) is 31.9 Å². The Labute approximate surface area is 114 Å². The molecule has 1 saturated heterocycles. The van der Waals surface area contributed by atoms with Gasteiger partial charge in [-0.25, -0.2) is 4.98 Å². The molecule has 3 heteroatoms. The number of H-pyrrole nitrogens is 1. The number of aryl methyl sites for hydroxylation is 1. The summed E-state index contributed by atoms with van der Waals surface area (Å²) in [5.74, 6) is 1.08. The fourth-order valence-electron chi connectivity index (χ4n) is 2.66. The van der Waals surface area contributed by atoms with Gasteiger partial charge < -0.3 is 10.3 Å². The zero-order chi connectivity index (χ0) is 13.1. The molecule has 0 saturated carbocycles. The Morgan fingerprint density at radius 1 is 1.11 bits per heavy atom. The van der Waals surface area contributed by atoms with E-state index >= 15 is 0 Å². The molecule has 100 valence electrons. The zero-order valence-corrected chi connectivity index (χ0v) is 11.4. The van der Waals surface area contributed by atoms with Crippen molar-refractivity contribution in [3.63, 3.8) is 0 Å². The van der Waals surface area contributed by atoms with Crippen molar-refractivity contribution < 1.29 is 0 Å². The fourth-order valence-corrected chi connectivity index (χ4v) is 2.66. The van der Waals surface area contributed by atoms with Crippen LogP contribution in [0.5, 0.6) is 0 Å². The van der Waals surface area contributed by atoms with E-state index in [1.807, 2.05) is 6.20 Å². The Kier molecular flexibility index (Phi) is 3.65. The summed E-state index contributed by atoms with van der Waals surface area (Å²) in [7, 11) is 0. The van der Waals surface area contributed by atoms with Crippen LogP contribution in [0.3, 0.4) is 0 Å². The van der Waals surface area contributed by atoms with Gasteiger partial charge in [-0.3, -0.25) is 0 Å². The minimum absolute atomic E-state index is 0.390. The molecule has 1 fully saturated rings. The Morgan fingerprint density at radius 2 is 1.95 bits per heavy atom. The van der Waals surface area contributed by atoms with Gasteiger partial charge in [-0.2, -0.15) is 0 Å². The van der Waals surface area contributed by atoms with E-state index in [1.54, 1.807) is 0 Å². The van der Waals surface area contributed by atoms with Gasteiger partial charge >= 0.3 is 0 Å². The van der Waals surface area contributed by atoms with Crippen molar-refractivity contribution in [1.82, 2.24) is 15.3 Å². The highest BCUT2D eigenvalue weighted by atomic mass is 15.0. The highest BCUT2D eigenvalue weighted by Gasteiger charge is 2.16. The maximum atomic E-state index is 4.56. The first-order chi connectivity index (χ1) is 9.33. The predicted octanol–water partition coefficient (Wildman–Crippen LogP) is 3.59. The molecule has 1 aromatic heterocycles. The molecule has 1 atom stereocenters. The molecular formula is C16H21N3. The van der Waals surface area contributed by atoms with Gasteiger partial charge in [0.05, 0.1) is 17.9 Å². The number of nitrogens with zero attached hydrogens (tertiary/aromatic N) is 1. The van der Waals surface area contributed by atoms with Crippen LogP contribution in [-0.2, 0) is 0 Å². The Hall–Kier alpha value is -1.61. The number of imidazole rings is 1. The molecule has 3 rings (SSSR count). The zero-order valence-electron chi connectivity index (χ0n) is 11.4. The van der Waals surface area contributed by atoms with Crippen LogP contribution >= 0.6 is 0 Å². The summed E-state index contributed by atoms with van der Waals surface area (Å²) >= 11 is 0. The predicted molar refractivity (Wildman–Crippen MR) is 78.0 cm³/mol. The van der Waals surface area contributed by atoms with E-state index in [2.05, 4.69) is 46.5 Å². The number of aromatic amines is 1. The van der Waals surface area contributed by atoms with Crippen molar-refractivity contribution in [2.24, 2.45) is 0 Å². The van der Waals surface area contributed by atoms with Crippen LogP contribution in [-0.4, -0.2) is 16.5 Å². The lowest BCUT2D eigenvalue weighted by molar-refractivity contribution is 0.512. The quantitative estimate of drug-likeness (QED) is 0.861. The molecule has 2 heterocycles. The Bertz CT molecular complexity index is 519. The maximum Gasteiger partial charge on any atom is 0.123 e. The second-order valence-corrected chi connectivity index (χ2v) is 5.40. The van der Waals surface area contributed by atoms with Gasteiger partial charge in [-0.1, -0.05) is 42.7 Å². The van der Waals surface area contributed by atoms with Crippen LogP contribution in [0.15, 0.2) is 30.5 Å². The minimum atomic E-state index is 0.390. The average molecular weight is 255 g/mol. The van der Waals surface area contributed by atoms with Crippen LogP contribution in [0.1, 0.15) is 43.1 Å². The summed E-state index contributed by atoms with van der Waals surface area (Å²) in [6, 6.07) is 8.96. The van der Waals surface area contributed by atoms with Crippen molar-refractivity contribution in [3.8, 4) is 11.3 Å². The molecule has 2 N–H and O–H groups in total. The van der Waals surface area contributed by atoms with Crippen LogP contribution < -0.4 is 5.32 Å². The highest BCUT2D eigenvalue weighted by molar-refractivity contribution is 5.58. The van der Waals surface area contributed by atoms with Crippen LogP contribution in [0, 0.1) is 6.92 Å². The summed E-state index contributed by atoms with van der Waals surface area (Å²) < 4.78 is 0. The van der Waals surface area contributed by atoms with E-state index in [1.165, 1.54) is 36.8 Å². The summed E-state index contributed by atoms with van der Waals surface area (Å²) in [5.41, 5.74) is 3.60. The third kappa shape index (κ3) is 2.87. The summed E-state index contributed by atoms with van der Waals surface area (Å²) in [6.07, 6.45) is 7.03. The van der Waals surface area contributed by atoms with Crippen molar-refractivity contribution in [2.45, 2.75) is 38.6 Å². The smallest absolute Gasteiger partial charge is 0.123 e. The van der Waals surface area contributed by atoms with Gasteiger partial charge in [-0.15, -0.1) is 0 Å². The van der Waals surface area contributed by atoms with Crippen LogP contribution in [0.4, 0.5) is 0 Å². The Balaban J connectivity index is 1.80. The van der Waals surface area contributed by atoms with Crippen molar-refractivity contribution in [3.05, 3.63) is 41.9 Å². The molecule has 0 bridgehead atoms.